The first-order valence-corrected chi connectivity index (χ1v) is 5.70. The molecule has 100 valence electrons. The van der Waals surface area contributed by atoms with Crippen molar-refractivity contribution in [2.45, 2.75) is 25.6 Å². The highest BCUT2D eigenvalue weighted by Gasteiger charge is 2.57. The third-order valence-corrected chi connectivity index (χ3v) is 3.11. The minimum Gasteiger partial charge on any atom is -0.461 e. The maximum Gasteiger partial charge on any atom is 0.393 e. The Morgan fingerprint density at radius 2 is 2.33 bits per heavy atom. The lowest BCUT2D eigenvalue weighted by molar-refractivity contribution is -0.150. The molecule has 1 saturated carbocycles. The lowest BCUT2D eigenvalue weighted by Gasteiger charge is -2.06. The van der Waals surface area contributed by atoms with E-state index in [1.165, 1.54) is 4.57 Å². The summed E-state index contributed by atoms with van der Waals surface area (Å²) in [6.07, 6.45) is -3.14. The molecule has 2 atom stereocenters. The van der Waals surface area contributed by atoms with Crippen LogP contribution in [0.15, 0.2) is 6.33 Å². The summed E-state index contributed by atoms with van der Waals surface area (Å²) < 4.78 is 43.1. The van der Waals surface area contributed by atoms with E-state index in [1.54, 1.807) is 6.92 Å². The molecule has 18 heavy (non-hydrogen) atoms. The van der Waals surface area contributed by atoms with Gasteiger partial charge in [-0.3, -0.25) is 0 Å². The molecule has 2 unspecified atom stereocenters. The zero-order chi connectivity index (χ0) is 13.5. The molecule has 0 spiro atoms. The summed E-state index contributed by atoms with van der Waals surface area (Å²) in [4.78, 5) is 15.1. The van der Waals surface area contributed by atoms with Gasteiger partial charge in [0.1, 0.15) is 5.15 Å². The summed E-state index contributed by atoms with van der Waals surface area (Å²) in [6, 6.07) is -0.770. The average molecular weight is 283 g/mol. The summed E-state index contributed by atoms with van der Waals surface area (Å²) in [6.45, 7) is 1.76. The van der Waals surface area contributed by atoms with Gasteiger partial charge in [0.2, 0.25) is 0 Å². The van der Waals surface area contributed by atoms with Crippen molar-refractivity contribution in [2.75, 3.05) is 6.61 Å². The Morgan fingerprint density at radius 3 is 2.83 bits per heavy atom. The van der Waals surface area contributed by atoms with Crippen molar-refractivity contribution < 1.29 is 22.7 Å². The average Bonchev–Trinajstić information content (AvgIpc) is 2.97. The summed E-state index contributed by atoms with van der Waals surface area (Å²) in [5.74, 6) is -2.15. The number of hydrogen-bond donors (Lipinski definition) is 0. The first kappa shape index (κ1) is 13.2. The van der Waals surface area contributed by atoms with Crippen molar-refractivity contribution in [3.8, 4) is 0 Å². The van der Waals surface area contributed by atoms with E-state index in [0.717, 1.165) is 6.33 Å². The zero-order valence-electron chi connectivity index (χ0n) is 9.37. The quantitative estimate of drug-likeness (QED) is 0.801. The number of imidazole rings is 1. The fourth-order valence-electron chi connectivity index (χ4n) is 1.75. The van der Waals surface area contributed by atoms with Crippen LogP contribution in [-0.4, -0.2) is 28.3 Å². The van der Waals surface area contributed by atoms with Gasteiger partial charge in [-0.15, -0.1) is 0 Å². The minimum absolute atomic E-state index is 0.0398. The summed E-state index contributed by atoms with van der Waals surface area (Å²) in [5, 5.41) is -0.106. The van der Waals surface area contributed by atoms with Crippen molar-refractivity contribution in [3.05, 3.63) is 17.2 Å². The highest BCUT2D eigenvalue weighted by Crippen LogP contribution is 2.54. The number of esters is 1. The molecule has 8 heteroatoms. The van der Waals surface area contributed by atoms with Gasteiger partial charge >= 0.3 is 12.1 Å². The van der Waals surface area contributed by atoms with E-state index >= 15 is 0 Å². The van der Waals surface area contributed by atoms with Crippen molar-refractivity contribution in [2.24, 2.45) is 5.92 Å². The number of carbonyl (C=O) groups is 1. The second-order valence-corrected chi connectivity index (χ2v) is 4.32. The van der Waals surface area contributed by atoms with Crippen LogP contribution in [0.3, 0.4) is 0 Å². The van der Waals surface area contributed by atoms with Crippen LogP contribution in [0.4, 0.5) is 13.2 Å². The molecular weight excluding hydrogens is 273 g/mol. The predicted molar refractivity (Wildman–Crippen MR) is 56.4 cm³/mol. The number of alkyl halides is 3. The predicted octanol–water partition coefficient (Wildman–Crippen LogP) is 2.84. The van der Waals surface area contributed by atoms with Crippen molar-refractivity contribution in [3.63, 3.8) is 0 Å². The maximum atomic E-state index is 12.4. The van der Waals surface area contributed by atoms with Gasteiger partial charge in [-0.1, -0.05) is 11.6 Å². The summed E-state index contributed by atoms with van der Waals surface area (Å²) in [5.41, 5.74) is -0.147. The first-order valence-electron chi connectivity index (χ1n) is 5.32. The molecule has 0 aromatic carbocycles. The number of aromatic nitrogens is 2. The van der Waals surface area contributed by atoms with Crippen molar-refractivity contribution in [1.82, 2.24) is 9.55 Å². The van der Waals surface area contributed by atoms with Crippen LogP contribution in [0.1, 0.15) is 29.9 Å². The molecule has 0 aliphatic heterocycles. The Balaban J connectivity index is 2.16. The fourth-order valence-corrected chi connectivity index (χ4v) is 2.05. The fraction of sp³-hybridized carbons (Fsp3) is 0.600. The van der Waals surface area contributed by atoms with E-state index in [9.17, 15) is 18.0 Å². The molecule has 0 radical (unpaired) electrons. The van der Waals surface area contributed by atoms with E-state index in [-0.39, 0.29) is 23.9 Å². The molecule has 0 bridgehead atoms. The molecule has 1 aromatic rings. The molecule has 1 aliphatic rings. The molecule has 2 rings (SSSR count). The van der Waals surface area contributed by atoms with Crippen LogP contribution in [0.5, 0.6) is 0 Å². The van der Waals surface area contributed by atoms with Gasteiger partial charge in [-0.2, -0.15) is 13.2 Å². The van der Waals surface area contributed by atoms with Gasteiger partial charge in [0.15, 0.2) is 5.69 Å². The van der Waals surface area contributed by atoms with Crippen molar-refractivity contribution in [1.29, 1.82) is 0 Å². The minimum atomic E-state index is -4.25. The van der Waals surface area contributed by atoms with Gasteiger partial charge in [0.05, 0.1) is 18.9 Å². The Morgan fingerprint density at radius 1 is 1.67 bits per heavy atom. The maximum absolute atomic E-state index is 12.4. The number of rotatable bonds is 3. The van der Waals surface area contributed by atoms with Crippen LogP contribution in [0.25, 0.3) is 0 Å². The Kier molecular flexibility index (Phi) is 3.27. The molecule has 0 saturated heterocycles. The zero-order valence-corrected chi connectivity index (χ0v) is 10.1. The highest BCUT2D eigenvalue weighted by molar-refractivity contribution is 6.32. The lowest BCUT2D eigenvalue weighted by Crippen LogP contribution is -2.13. The SMILES string of the molecule is CCOC(=O)c1ncn(C2CC2C(F)(F)F)c1Cl. The largest absolute Gasteiger partial charge is 0.461 e. The molecule has 1 heterocycles. The monoisotopic (exact) mass is 282 g/mol. The molecule has 0 amide bonds. The van der Waals surface area contributed by atoms with Crippen LogP contribution < -0.4 is 0 Å². The number of hydrogen-bond acceptors (Lipinski definition) is 3. The Bertz CT molecular complexity index is 472. The number of carbonyl (C=O) groups excluding carboxylic acids is 1. The summed E-state index contributed by atoms with van der Waals surface area (Å²) >= 11 is 5.84. The van der Waals surface area contributed by atoms with E-state index in [2.05, 4.69) is 4.98 Å². The Hall–Kier alpha value is -1.24. The van der Waals surface area contributed by atoms with Gasteiger partial charge in [-0.25, -0.2) is 9.78 Å². The van der Waals surface area contributed by atoms with E-state index in [4.69, 9.17) is 16.3 Å². The van der Waals surface area contributed by atoms with Gasteiger partial charge in [0, 0.05) is 6.04 Å². The molecule has 0 N–H and O–H groups in total. The molecule has 1 aromatic heterocycles. The second kappa shape index (κ2) is 4.46. The van der Waals surface area contributed by atoms with Crippen LogP contribution in [0, 0.1) is 5.92 Å². The van der Waals surface area contributed by atoms with Crippen molar-refractivity contribution >= 4 is 17.6 Å². The van der Waals surface area contributed by atoms with Gasteiger partial charge < -0.3 is 9.30 Å². The lowest BCUT2D eigenvalue weighted by atomic mass is 10.4. The van der Waals surface area contributed by atoms with E-state index < -0.39 is 24.1 Å². The van der Waals surface area contributed by atoms with E-state index in [1.807, 2.05) is 0 Å². The highest BCUT2D eigenvalue weighted by atomic mass is 35.5. The first-order chi connectivity index (χ1) is 8.36. The number of ether oxygens (including phenoxy) is 1. The number of halogens is 4. The number of nitrogens with zero attached hydrogens (tertiary/aromatic N) is 2. The van der Waals surface area contributed by atoms with Crippen LogP contribution in [-0.2, 0) is 4.74 Å². The third-order valence-electron chi connectivity index (χ3n) is 2.74. The molecular formula is C10H10ClF3N2O2. The molecule has 1 fully saturated rings. The molecule has 1 aliphatic carbocycles. The van der Waals surface area contributed by atoms with Crippen LogP contribution in [0.2, 0.25) is 5.15 Å². The van der Waals surface area contributed by atoms with Crippen LogP contribution >= 0.6 is 11.6 Å². The molecule has 4 nitrogen and oxygen atoms in total. The topological polar surface area (TPSA) is 44.1 Å². The second-order valence-electron chi connectivity index (χ2n) is 3.96. The Labute approximate surface area is 106 Å². The summed E-state index contributed by atoms with van der Waals surface area (Å²) in [7, 11) is 0. The van der Waals surface area contributed by atoms with Gasteiger partial charge in [0.25, 0.3) is 0 Å². The normalized spacial score (nSPS) is 22.9. The smallest absolute Gasteiger partial charge is 0.393 e. The standard InChI is InChI=1S/C10H10ClF3N2O2/c1-2-18-9(17)7-8(11)16(4-15-7)6-3-5(6)10(12,13)14/h4-6H,2-3H2,1H3. The van der Waals surface area contributed by atoms with Gasteiger partial charge in [-0.05, 0) is 13.3 Å². The third kappa shape index (κ3) is 2.31. The van der Waals surface area contributed by atoms with E-state index in [0.29, 0.717) is 0 Å².